The van der Waals surface area contributed by atoms with Gasteiger partial charge in [-0.05, 0) is 36.8 Å². The first kappa shape index (κ1) is 19.2. The molecule has 0 spiro atoms. The second kappa shape index (κ2) is 8.00. The van der Waals surface area contributed by atoms with E-state index in [9.17, 15) is 13.2 Å². The molecule has 1 aliphatic heterocycles. The zero-order chi connectivity index (χ0) is 18.7. The molecule has 1 N–H and O–H groups in total. The SMILES string of the molecule is O=C(CN(Cc1ccco1)C1CCS(=O)(=O)C1)Nc1cc(Cl)cc(Cl)c1. The summed E-state index contributed by atoms with van der Waals surface area (Å²) >= 11 is 11.9. The maximum absolute atomic E-state index is 12.5. The van der Waals surface area contributed by atoms with Crippen molar-refractivity contribution in [2.75, 3.05) is 23.4 Å². The van der Waals surface area contributed by atoms with Gasteiger partial charge in [-0.3, -0.25) is 9.69 Å². The van der Waals surface area contributed by atoms with E-state index in [1.54, 1.807) is 36.6 Å². The maximum Gasteiger partial charge on any atom is 0.238 e. The average Bonchev–Trinajstić information content (AvgIpc) is 3.14. The Morgan fingerprint density at radius 2 is 2.00 bits per heavy atom. The van der Waals surface area contributed by atoms with Crippen LogP contribution in [-0.2, 0) is 21.2 Å². The number of carbonyl (C=O) groups is 1. The van der Waals surface area contributed by atoms with Crippen molar-refractivity contribution in [1.82, 2.24) is 4.90 Å². The first-order valence-electron chi connectivity index (χ1n) is 8.03. The van der Waals surface area contributed by atoms with Gasteiger partial charge in [-0.25, -0.2) is 8.42 Å². The molecule has 1 aromatic carbocycles. The minimum absolute atomic E-state index is 0.0328. The summed E-state index contributed by atoms with van der Waals surface area (Å²) in [6.45, 7) is 0.391. The number of benzene rings is 1. The van der Waals surface area contributed by atoms with Crippen LogP contribution in [0.4, 0.5) is 5.69 Å². The number of nitrogens with zero attached hydrogens (tertiary/aromatic N) is 1. The number of carbonyl (C=O) groups excluding carboxylic acids is 1. The van der Waals surface area contributed by atoms with Gasteiger partial charge in [-0.2, -0.15) is 0 Å². The van der Waals surface area contributed by atoms with Gasteiger partial charge in [0.15, 0.2) is 9.84 Å². The van der Waals surface area contributed by atoms with E-state index in [0.717, 1.165) is 0 Å². The van der Waals surface area contributed by atoms with Gasteiger partial charge in [0.25, 0.3) is 0 Å². The molecule has 26 heavy (non-hydrogen) atoms. The van der Waals surface area contributed by atoms with E-state index in [4.69, 9.17) is 27.6 Å². The molecule has 1 aromatic heterocycles. The molecule has 140 valence electrons. The Labute approximate surface area is 162 Å². The number of sulfone groups is 1. The summed E-state index contributed by atoms with van der Waals surface area (Å²) in [5.74, 6) is 0.578. The number of amides is 1. The minimum atomic E-state index is -3.06. The van der Waals surface area contributed by atoms with Gasteiger partial charge in [-0.1, -0.05) is 23.2 Å². The van der Waals surface area contributed by atoms with E-state index in [0.29, 0.717) is 34.5 Å². The molecule has 1 fully saturated rings. The average molecular weight is 417 g/mol. The lowest BCUT2D eigenvalue weighted by atomic mass is 10.2. The van der Waals surface area contributed by atoms with Crippen molar-refractivity contribution in [2.45, 2.75) is 19.0 Å². The van der Waals surface area contributed by atoms with Crippen molar-refractivity contribution in [1.29, 1.82) is 0 Å². The molecule has 0 bridgehead atoms. The van der Waals surface area contributed by atoms with Crippen LogP contribution in [-0.4, -0.2) is 43.3 Å². The van der Waals surface area contributed by atoms with Gasteiger partial charge in [0.2, 0.25) is 5.91 Å². The number of rotatable bonds is 6. The highest BCUT2D eigenvalue weighted by atomic mass is 35.5. The number of hydrogen-bond donors (Lipinski definition) is 1. The zero-order valence-corrected chi connectivity index (χ0v) is 16.1. The molecule has 1 aliphatic rings. The van der Waals surface area contributed by atoms with E-state index in [2.05, 4.69) is 5.32 Å². The van der Waals surface area contributed by atoms with Crippen LogP contribution in [0.1, 0.15) is 12.2 Å². The van der Waals surface area contributed by atoms with Crippen molar-refractivity contribution in [3.63, 3.8) is 0 Å². The molecular weight excluding hydrogens is 399 g/mol. The predicted octanol–water partition coefficient (Wildman–Crippen LogP) is 3.21. The van der Waals surface area contributed by atoms with Gasteiger partial charge >= 0.3 is 0 Å². The Morgan fingerprint density at radius 3 is 2.58 bits per heavy atom. The summed E-state index contributed by atoms with van der Waals surface area (Å²) < 4.78 is 29.0. The van der Waals surface area contributed by atoms with Crippen LogP contribution in [0.15, 0.2) is 41.0 Å². The molecule has 1 amide bonds. The molecule has 0 aliphatic carbocycles. The minimum Gasteiger partial charge on any atom is -0.468 e. The Hall–Kier alpha value is -1.54. The van der Waals surface area contributed by atoms with Gasteiger partial charge in [-0.15, -0.1) is 0 Å². The maximum atomic E-state index is 12.5. The first-order valence-corrected chi connectivity index (χ1v) is 10.6. The highest BCUT2D eigenvalue weighted by Crippen LogP contribution is 2.23. The van der Waals surface area contributed by atoms with E-state index < -0.39 is 9.84 Å². The highest BCUT2D eigenvalue weighted by Gasteiger charge is 2.33. The Bertz CT molecular complexity index is 864. The lowest BCUT2D eigenvalue weighted by Gasteiger charge is -2.26. The molecule has 1 saturated heterocycles. The van der Waals surface area contributed by atoms with Crippen LogP contribution in [0.5, 0.6) is 0 Å². The Balaban J connectivity index is 1.71. The Morgan fingerprint density at radius 1 is 1.27 bits per heavy atom. The zero-order valence-electron chi connectivity index (χ0n) is 13.8. The molecular formula is C17H18Cl2N2O4S. The second-order valence-electron chi connectivity index (χ2n) is 6.25. The van der Waals surface area contributed by atoms with E-state index >= 15 is 0 Å². The smallest absolute Gasteiger partial charge is 0.238 e. The van der Waals surface area contributed by atoms with E-state index in [-0.39, 0.29) is 30.0 Å². The van der Waals surface area contributed by atoms with E-state index in [1.807, 2.05) is 4.90 Å². The monoisotopic (exact) mass is 416 g/mol. The van der Waals surface area contributed by atoms with Crippen molar-refractivity contribution >= 4 is 44.6 Å². The summed E-state index contributed by atoms with van der Waals surface area (Å²) in [4.78, 5) is 14.3. The third kappa shape index (κ3) is 5.23. The van der Waals surface area contributed by atoms with Gasteiger partial charge in [0, 0.05) is 21.8 Å². The van der Waals surface area contributed by atoms with Gasteiger partial charge in [0.05, 0.1) is 30.9 Å². The van der Waals surface area contributed by atoms with Crippen LogP contribution < -0.4 is 5.32 Å². The van der Waals surface area contributed by atoms with Crippen molar-refractivity contribution in [2.24, 2.45) is 0 Å². The van der Waals surface area contributed by atoms with Crippen LogP contribution in [0.25, 0.3) is 0 Å². The fourth-order valence-electron chi connectivity index (χ4n) is 2.99. The van der Waals surface area contributed by atoms with E-state index in [1.165, 1.54) is 0 Å². The Kier molecular flexibility index (Phi) is 5.92. The standard InChI is InChI=1S/C17H18Cl2N2O4S/c18-12-6-13(19)8-14(7-12)20-17(22)10-21(9-16-2-1-4-25-16)15-3-5-26(23,24)11-15/h1-2,4,6-8,15H,3,5,9-11H2,(H,20,22). The lowest BCUT2D eigenvalue weighted by Crippen LogP contribution is -2.41. The molecule has 3 rings (SSSR count). The number of anilines is 1. The third-order valence-electron chi connectivity index (χ3n) is 4.16. The highest BCUT2D eigenvalue weighted by molar-refractivity contribution is 7.91. The molecule has 1 atom stereocenters. The second-order valence-corrected chi connectivity index (χ2v) is 9.35. The number of halogens is 2. The molecule has 0 radical (unpaired) electrons. The van der Waals surface area contributed by atoms with Crippen LogP contribution >= 0.6 is 23.2 Å². The van der Waals surface area contributed by atoms with Crippen molar-refractivity contribution < 1.29 is 17.6 Å². The molecule has 1 unspecified atom stereocenters. The number of nitrogens with one attached hydrogen (secondary N) is 1. The molecule has 9 heteroatoms. The molecule has 2 aromatic rings. The topological polar surface area (TPSA) is 79.6 Å². The third-order valence-corrected chi connectivity index (χ3v) is 6.34. The molecule has 0 saturated carbocycles. The van der Waals surface area contributed by atoms with Gasteiger partial charge in [0.1, 0.15) is 5.76 Å². The first-order chi connectivity index (χ1) is 12.3. The molecule has 2 heterocycles. The largest absolute Gasteiger partial charge is 0.468 e. The fourth-order valence-corrected chi connectivity index (χ4v) is 5.28. The summed E-state index contributed by atoms with van der Waals surface area (Å²) in [5.41, 5.74) is 0.490. The van der Waals surface area contributed by atoms with Crippen molar-refractivity contribution in [3.8, 4) is 0 Å². The summed E-state index contributed by atoms with van der Waals surface area (Å²) in [6, 6.07) is 8.10. The number of furan rings is 1. The summed E-state index contributed by atoms with van der Waals surface area (Å²) in [7, 11) is -3.06. The van der Waals surface area contributed by atoms with Crippen LogP contribution in [0, 0.1) is 0 Å². The lowest BCUT2D eigenvalue weighted by molar-refractivity contribution is -0.118. The van der Waals surface area contributed by atoms with Crippen LogP contribution in [0.3, 0.4) is 0 Å². The predicted molar refractivity (Wildman–Crippen MR) is 101 cm³/mol. The normalized spacial score (nSPS) is 19.0. The van der Waals surface area contributed by atoms with Crippen LogP contribution in [0.2, 0.25) is 10.0 Å². The summed E-state index contributed by atoms with van der Waals surface area (Å²) in [6.07, 6.45) is 2.05. The summed E-state index contributed by atoms with van der Waals surface area (Å²) in [5, 5.41) is 3.59. The fraction of sp³-hybridized carbons (Fsp3) is 0.353. The number of hydrogen-bond acceptors (Lipinski definition) is 5. The van der Waals surface area contributed by atoms with Crippen molar-refractivity contribution in [3.05, 3.63) is 52.4 Å². The quantitative estimate of drug-likeness (QED) is 0.781. The molecule has 6 nitrogen and oxygen atoms in total. The van der Waals surface area contributed by atoms with Gasteiger partial charge < -0.3 is 9.73 Å².